The highest BCUT2D eigenvalue weighted by Crippen LogP contribution is 2.31. The summed E-state index contributed by atoms with van der Waals surface area (Å²) in [5, 5.41) is 10.4. The number of nitrogens with zero attached hydrogens (tertiary/aromatic N) is 1. The van der Waals surface area contributed by atoms with Gasteiger partial charge in [-0.15, -0.1) is 0 Å². The van der Waals surface area contributed by atoms with Gasteiger partial charge in [-0.3, -0.25) is 4.98 Å². The molecule has 1 unspecified atom stereocenters. The lowest BCUT2D eigenvalue weighted by atomic mass is 9.92. The summed E-state index contributed by atoms with van der Waals surface area (Å²) in [4.78, 5) is 4.36. The molecule has 1 saturated heterocycles. The van der Waals surface area contributed by atoms with Crippen molar-refractivity contribution < 1.29 is 9.84 Å². The zero-order chi connectivity index (χ0) is 10.9. The summed E-state index contributed by atoms with van der Waals surface area (Å²) in [6.07, 6.45) is 1.81. The van der Waals surface area contributed by atoms with Crippen LogP contribution in [-0.2, 0) is 10.3 Å². The van der Waals surface area contributed by atoms with Crippen molar-refractivity contribution in [2.45, 2.75) is 38.4 Å². The summed E-state index contributed by atoms with van der Waals surface area (Å²) in [7, 11) is 0. The quantitative estimate of drug-likeness (QED) is 0.803. The molecular formula is C12H17NO2. The number of ether oxygens (including phenoxy) is 1. The van der Waals surface area contributed by atoms with Gasteiger partial charge in [0.2, 0.25) is 0 Å². The van der Waals surface area contributed by atoms with Crippen LogP contribution in [0.15, 0.2) is 18.2 Å². The average molecular weight is 207 g/mol. The molecule has 2 rings (SSSR count). The lowest BCUT2D eigenvalue weighted by molar-refractivity contribution is -0.0801. The van der Waals surface area contributed by atoms with Crippen LogP contribution in [0, 0.1) is 6.92 Å². The van der Waals surface area contributed by atoms with Gasteiger partial charge in [0, 0.05) is 12.3 Å². The van der Waals surface area contributed by atoms with Gasteiger partial charge in [-0.05, 0) is 38.8 Å². The fourth-order valence-electron chi connectivity index (χ4n) is 2.01. The molecule has 0 bridgehead atoms. The Bertz CT molecular complexity index is 343. The summed E-state index contributed by atoms with van der Waals surface area (Å²) in [6.45, 7) is 4.45. The van der Waals surface area contributed by atoms with Crippen molar-refractivity contribution in [3.63, 3.8) is 0 Å². The summed E-state index contributed by atoms with van der Waals surface area (Å²) in [5.41, 5.74) is 0.655. The number of hydrogen-bond donors (Lipinski definition) is 1. The highest BCUT2D eigenvalue weighted by Gasteiger charge is 2.37. The largest absolute Gasteiger partial charge is 0.381 e. The molecule has 1 aliphatic heterocycles. The second-order valence-electron chi connectivity index (χ2n) is 4.31. The number of pyridine rings is 1. The molecule has 3 nitrogen and oxygen atoms in total. The molecule has 1 N–H and O–H groups in total. The minimum absolute atomic E-state index is 0.119. The Labute approximate surface area is 90.1 Å². The average Bonchev–Trinajstić information content (AvgIpc) is 2.71. The molecule has 0 saturated carbocycles. The van der Waals surface area contributed by atoms with Gasteiger partial charge < -0.3 is 9.84 Å². The van der Waals surface area contributed by atoms with Gasteiger partial charge in [-0.1, -0.05) is 6.07 Å². The van der Waals surface area contributed by atoms with E-state index in [1.54, 1.807) is 6.92 Å². The summed E-state index contributed by atoms with van der Waals surface area (Å²) in [5.74, 6) is 0. The lowest BCUT2D eigenvalue weighted by Crippen LogP contribution is -2.36. The molecule has 0 spiro atoms. The lowest BCUT2D eigenvalue weighted by Gasteiger charge is -2.28. The zero-order valence-electron chi connectivity index (χ0n) is 9.23. The molecule has 1 aliphatic rings. The van der Waals surface area contributed by atoms with Gasteiger partial charge in [0.25, 0.3) is 0 Å². The van der Waals surface area contributed by atoms with E-state index in [9.17, 15) is 5.11 Å². The second kappa shape index (κ2) is 3.91. The summed E-state index contributed by atoms with van der Waals surface area (Å²) >= 11 is 0. The van der Waals surface area contributed by atoms with Crippen LogP contribution < -0.4 is 0 Å². The van der Waals surface area contributed by atoms with E-state index in [2.05, 4.69) is 4.98 Å². The van der Waals surface area contributed by atoms with Crippen LogP contribution in [0.4, 0.5) is 0 Å². The topological polar surface area (TPSA) is 42.4 Å². The molecule has 0 radical (unpaired) electrons. The Hall–Kier alpha value is -0.930. The molecule has 2 atom stereocenters. The van der Waals surface area contributed by atoms with Gasteiger partial charge in [0.1, 0.15) is 5.60 Å². The maximum absolute atomic E-state index is 10.4. The fraction of sp³-hybridized carbons (Fsp3) is 0.583. The molecule has 0 amide bonds. The van der Waals surface area contributed by atoms with Crippen molar-refractivity contribution in [1.29, 1.82) is 0 Å². The number of aliphatic hydroxyl groups is 1. The number of rotatable bonds is 2. The van der Waals surface area contributed by atoms with Crippen LogP contribution in [0.1, 0.15) is 31.2 Å². The van der Waals surface area contributed by atoms with Crippen LogP contribution >= 0.6 is 0 Å². The molecule has 82 valence electrons. The van der Waals surface area contributed by atoms with Crippen molar-refractivity contribution in [3.8, 4) is 0 Å². The van der Waals surface area contributed by atoms with E-state index >= 15 is 0 Å². The normalized spacial score (nSPS) is 25.1. The van der Waals surface area contributed by atoms with Gasteiger partial charge in [-0.25, -0.2) is 0 Å². The van der Waals surface area contributed by atoms with E-state index in [4.69, 9.17) is 4.74 Å². The van der Waals surface area contributed by atoms with E-state index in [1.165, 1.54) is 0 Å². The van der Waals surface area contributed by atoms with E-state index in [0.717, 1.165) is 25.1 Å². The van der Waals surface area contributed by atoms with Crippen LogP contribution in [0.5, 0.6) is 0 Å². The molecule has 1 aromatic rings. The zero-order valence-corrected chi connectivity index (χ0v) is 9.23. The Balaban J connectivity index is 2.27. The van der Waals surface area contributed by atoms with Crippen LogP contribution in [-0.4, -0.2) is 22.8 Å². The first-order valence-electron chi connectivity index (χ1n) is 5.39. The predicted octanol–water partition coefficient (Wildman–Crippen LogP) is 1.78. The Morgan fingerprint density at radius 3 is 2.93 bits per heavy atom. The Morgan fingerprint density at radius 1 is 1.53 bits per heavy atom. The molecule has 0 aromatic carbocycles. The first-order valence-corrected chi connectivity index (χ1v) is 5.39. The van der Waals surface area contributed by atoms with Gasteiger partial charge in [0.05, 0.1) is 11.8 Å². The first-order chi connectivity index (χ1) is 7.10. The monoisotopic (exact) mass is 207 g/mol. The van der Waals surface area contributed by atoms with E-state index in [-0.39, 0.29) is 6.10 Å². The number of aromatic nitrogens is 1. The van der Waals surface area contributed by atoms with Crippen LogP contribution in [0.2, 0.25) is 0 Å². The maximum atomic E-state index is 10.4. The van der Waals surface area contributed by atoms with Crippen molar-refractivity contribution >= 4 is 0 Å². The fourth-order valence-corrected chi connectivity index (χ4v) is 2.01. The minimum atomic E-state index is -0.970. The standard InChI is InChI=1S/C12H17NO2/c1-9-5-3-6-10(13-9)12(2,14)11-7-4-8-15-11/h3,5-6,11,14H,4,7-8H2,1-2H3/t11?,12-/m0/s1. The molecule has 1 fully saturated rings. The smallest absolute Gasteiger partial charge is 0.130 e. The van der Waals surface area contributed by atoms with Crippen molar-refractivity contribution in [2.24, 2.45) is 0 Å². The SMILES string of the molecule is Cc1cccc([C@](C)(O)C2CCCO2)n1. The number of hydrogen-bond acceptors (Lipinski definition) is 3. The molecular weight excluding hydrogens is 190 g/mol. The van der Waals surface area contributed by atoms with Gasteiger partial charge in [-0.2, -0.15) is 0 Å². The highest BCUT2D eigenvalue weighted by atomic mass is 16.5. The number of aryl methyl sites for hydroxylation is 1. The van der Waals surface area contributed by atoms with E-state index in [1.807, 2.05) is 25.1 Å². The van der Waals surface area contributed by atoms with E-state index < -0.39 is 5.60 Å². The van der Waals surface area contributed by atoms with Crippen LogP contribution in [0.3, 0.4) is 0 Å². The Kier molecular flexibility index (Phi) is 2.76. The summed E-state index contributed by atoms with van der Waals surface area (Å²) in [6, 6.07) is 5.70. The van der Waals surface area contributed by atoms with Crippen LogP contribution in [0.25, 0.3) is 0 Å². The highest BCUT2D eigenvalue weighted by molar-refractivity contribution is 5.17. The van der Waals surface area contributed by atoms with Gasteiger partial charge >= 0.3 is 0 Å². The third-order valence-corrected chi connectivity index (χ3v) is 2.96. The summed E-state index contributed by atoms with van der Waals surface area (Å²) < 4.78 is 5.52. The van der Waals surface area contributed by atoms with Gasteiger partial charge in [0.15, 0.2) is 0 Å². The van der Waals surface area contributed by atoms with Crippen molar-refractivity contribution in [2.75, 3.05) is 6.61 Å². The maximum Gasteiger partial charge on any atom is 0.130 e. The minimum Gasteiger partial charge on any atom is -0.381 e. The predicted molar refractivity (Wildman–Crippen MR) is 57.5 cm³/mol. The third kappa shape index (κ3) is 2.03. The molecule has 15 heavy (non-hydrogen) atoms. The van der Waals surface area contributed by atoms with E-state index in [0.29, 0.717) is 5.69 Å². The first kappa shape index (κ1) is 10.6. The Morgan fingerprint density at radius 2 is 2.33 bits per heavy atom. The molecule has 3 heteroatoms. The third-order valence-electron chi connectivity index (χ3n) is 2.96. The van der Waals surface area contributed by atoms with Crippen molar-refractivity contribution in [1.82, 2.24) is 4.98 Å². The second-order valence-corrected chi connectivity index (χ2v) is 4.31. The molecule has 1 aromatic heterocycles. The van der Waals surface area contributed by atoms with Crippen molar-refractivity contribution in [3.05, 3.63) is 29.6 Å². The molecule has 0 aliphatic carbocycles. The molecule has 2 heterocycles.